The fraction of sp³-hybridized carbons (Fsp3) is 0.208. The number of aromatic nitrogens is 1. The Morgan fingerprint density at radius 1 is 1.18 bits per heavy atom. The molecule has 0 bridgehead atoms. The van der Waals surface area contributed by atoms with Crippen molar-refractivity contribution in [1.82, 2.24) is 4.57 Å². The molecule has 0 N–H and O–H groups in total. The molecule has 0 amide bonds. The summed E-state index contributed by atoms with van der Waals surface area (Å²) in [6.07, 6.45) is 1.66. The molecule has 0 spiro atoms. The number of hydrogen-bond donors (Lipinski definition) is 0. The van der Waals surface area contributed by atoms with Crippen molar-refractivity contribution in [1.29, 1.82) is 0 Å². The van der Waals surface area contributed by atoms with E-state index in [2.05, 4.69) is 4.99 Å². The highest BCUT2D eigenvalue weighted by Crippen LogP contribution is 2.31. The zero-order valence-corrected chi connectivity index (χ0v) is 20.4. The number of carbonyl (C=O) groups excluding carboxylic acids is 1. The van der Waals surface area contributed by atoms with Gasteiger partial charge in [-0.25, -0.2) is 9.79 Å². The van der Waals surface area contributed by atoms with Crippen LogP contribution in [-0.2, 0) is 9.53 Å². The molecule has 33 heavy (non-hydrogen) atoms. The molecule has 170 valence electrons. The number of halogens is 2. The highest BCUT2D eigenvalue weighted by molar-refractivity contribution is 7.07. The third-order valence-electron chi connectivity index (χ3n) is 5.22. The first-order chi connectivity index (χ1) is 15.8. The second kappa shape index (κ2) is 9.55. The van der Waals surface area contributed by atoms with Gasteiger partial charge in [0.15, 0.2) is 4.80 Å². The molecule has 0 saturated carbocycles. The molecule has 9 heteroatoms. The first-order valence-electron chi connectivity index (χ1n) is 10.1. The Morgan fingerprint density at radius 3 is 2.45 bits per heavy atom. The van der Waals surface area contributed by atoms with Gasteiger partial charge in [0.2, 0.25) is 0 Å². The lowest BCUT2D eigenvalue weighted by Crippen LogP contribution is -2.39. The van der Waals surface area contributed by atoms with Gasteiger partial charge >= 0.3 is 5.97 Å². The van der Waals surface area contributed by atoms with Gasteiger partial charge in [-0.2, -0.15) is 0 Å². The summed E-state index contributed by atoms with van der Waals surface area (Å²) in [5.41, 5.74) is 1.80. The number of rotatable bonds is 5. The smallest absolute Gasteiger partial charge is 0.338 e. The third kappa shape index (κ3) is 4.36. The summed E-state index contributed by atoms with van der Waals surface area (Å²) < 4.78 is 12.5. The molecule has 4 rings (SSSR count). The Hall–Kier alpha value is -2.87. The average molecular weight is 503 g/mol. The standard InChI is InChI=1S/C24H20Cl2N2O4S/c1-4-32-23(30)20-13(2)27-24-28(21(20)14-8-10-15(31-3)11-9-14)22(29)19(33-24)12-16-17(25)6-5-7-18(16)26/h5-12,21H,4H2,1-3H3/b19-12-/t21-/m1/s1. The van der Waals surface area contributed by atoms with E-state index in [-0.39, 0.29) is 12.2 Å². The molecule has 1 aliphatic heterocycles. The second-order valence-corrected chi connectivity index (χ2v) is 9.03. The first-order valence-corrected chi connectivity index (χ1v) is 11.7. The second-order valence-electron chi connectivity index (χ2n) is 7.21. The van der Waals surface area contributed by atoms with Crippen LogP contribution >= 0.6 is 34.5 Å². The summed E-state index contributed by atoms with van der Waals surface area (Å²) in [6, 6.07) is 11.7. The van der Waals surface area contributed by atoms with Crippen molar-refractivity contribution in [2.45, 2.75) is 19.9 Å². The van der Waals surface area contributed by atoms with Gasteiger partial charge in [0.25, 0.3) is 5.56 Å². The molecule has 6 nitrogen and oxygen atoms in total. The Kier molecular flexibility index (Phi) is 6.74. The number of nitrogens with zero attached hydrogens (tertiary/aromatic N) is 2. The van der Waals surface area contributed by atoms with E-state index in [0.29, 0.717) is 42.0 Å². The van der Waals surface area contributed by atoms with Crippen LogP contribution in [0.1, 0.15) is 31.0 Å². The third-order valence-corrected chi connectivity index (χ3v) is 6.87. The van der Waals surface area contributed by atoms with E-state index in [4.69, 9.17) is 32.7 Å². The van der Waals surface area contributed by atoms with Gasteiger partial charge in [0.1, 0.15) is 5.75 Å². The van der Waals surface area contributed by atoms with Gasteiger partial charge in [-0.15, -0.1) is 0 Å². The Balaban J connectivity index is 1.97. The predicted octanol–water partition coefficient (Wildman–Crippen LogP) is 4.11. The molecular formula is C24H20Cl2N2O4S. The van der Waals surface area contributed by atoms with E-state index < -0.39 is 12.0 Å². The van der Waals surface area contributed by atoms with Crippen LogP contribution in [0.25, 0.3) is 6.08 Å². The molecular weight excluding hydrogens is 483 g/mol. The quantitative estimate of drug-likeness (QED) is 0.492. The zero-order valence-electron chi connectivity index (χ0n) is 18.1. The summed E-state index contributed by atoms with van der Waals surface area (Å²) in [7, 11) is 1.58. The SMILES string of the molecule is CCOC(=O)C1=C(C)N=c2s/c(=C\c3c(Cl)cccc3Cl)c(=O)n2[C@@H]1c1ccc(OC)cc1. The number of carbonyl (C=O) groups is 1. The Labute approximate surface area is 204 Å². The van der Waals surface area contributed by atoms with Crippen molar-refractivity contribution in [2.24, 2.45) is 4.99 Å². The van der Waals surface area contributed by atoms with Crippen LogP contribution in [0.4, 0.5) is 0 Å². The zero-order chi connectivity index (χ0) is 23.7. The van der Waals surface area contributed by atoms with Crippen LogP contribution in [0.5, 0.6) is 5.75 Å². The first kappa shape index (κ1) is 23.3. The molecule has 1 aromatic heterocycles. The molecule has 1 atom stereocenters. The van der Waals surface area contributed by atoms with Crippen LogP contribution in [-0.4, -0.2) is 24.3 Å². The van der Waals surface area contributed by atoms with Crippen LogP contribution in [0.2, 0.25) is 10.0 Å². The molecule has 0 radical (unpaired) electrons. The van der Waals surface area contributed by atoms with E-state index >= 15 is 0 Å². The summed E-state index contributed by atoms with van der Waals surface area (Å²) in [5.74, 6) is 0.154. The van der Waals surface area contributed by atoms with Gasteiger partial charge < -0.3 is 9.47 Å². The summed E-state index contributed by atoms with van der Waals surface area (Å²) in [6.45, 7) is 3.68. The maximum Gasteiger partial charge on any atom is 0.338 e. The summed E-state index contributed by atoms with van der Waals surface area (Å²) in [4.78, 5) is 31.5. The van der Waals surface area contributed by atoms with Gasteiger partial charge in [-0.1, -0.05) is 52.7 Å². The van der Waals surface area contributed by atoms with Crippen LogP contribution in [0, 0.1) is 0 Å². The monoisotopic (exact) mass is 502 g/mol. The normalized spacial score (nSPS) is 15.8. The molecule has 0 saturated heterocycles. The number of allylic oxidation sites excluding steroid dienone is 1. The van der Waals surface area contributed by atoms with E-state index in [1.54, 1.807) is 57.4 Å². The number of benzene rings is 2. The largest absolute Gasteiger partial charge is 0.497 e. The average Bonchev–Trinajstić information content (AvgIpc) is 3.10. The lowest BCUT2D eigenvalue weighted by Gasteiger charge is -2.24. The summed E-state index contributed by atoms with van der Waals surface area (Å²) in [5, 5.41) is 0.867. The molecule has 2 aromatic carbocycles. The number of thiazole rings is 1. The van der Waals surface area contributed by atoms with Crippen molar-refractivity contribution in [3.8, 4) is 5.75 Å². The van der Waals surface area contributed by atoms with Gasteiger partial charge in [-0.3, -0.25) is 9.36 Å². The lowest BCUT2D eigenvalue weighted by atomic mass is 9.96. The molecule has 2 heterocycles. The highest BCUT2D eigenvalue weighted by atomic mass is 35.5. The van der Waals surface area contributed by atoms with Crippen molar-refractivity contribution in [3.63, 3.8) is 0 Å². The van der Waals surface area contributed by atoms with Crippen molar-refractivity contribution in [3.05, 3.63) is 94.6 Å². The van der Waals surface area contributed by atoms with E-state index in [1.807, 2.05) is 12.1 Å². The molecule has 0 unspecified atom stereocenters. The summed E-state index contributed by atoms with van der Waals surface area (Å²) >= 11 is 13.8. The minimum Gasteiger partial charge on any atom is -0.497 e. The topological polar surface area (TPSA) is 69.9 Å². The van der Waals surface area contributed by atoms with Gasteiger partial charge in [-0.05, 0) is 49.8 Å². The van der Waals surface area contributed by atoms with Crippen LogP contribution in [0.15, 0.2) is 63.5 Å². The van der Waals surface area contributed by atoms with E-state index in [9.17, 15) is 9.59 Å². The van der Waals surface area contributed by atoms with E-state index in [0.717, 1.165) is 5.56 Å². The predicted molar refractivity (Wildman–Crippen MR) is 130 cm³/mol. The number of ether oxygens (including phenoxy) is 2. The minimum atomic E-state index is -0.699. The molecule has 3 aromatic rings. The number of fused-ring (bicyclic) bond motifs is 1. The van der Waals surface area contributed by atoms with Crippen molar-refractivity contribution >= 4 is 46.6 Å². The fourth-order valence-electron chi connectivity index (χ4n) is 3.67. The fourth-order valence-corrected chi connectivity index (χ4v) is 5.21. The van der Waals surface area contributed by atoms with Crippen molar-refractivity contribution < 1.29 is 14.3 Å². The van der Waals surface area contributed by atoms with Crippen LogP contribution in [0.3, 0.4) is 0 Å². The number of hydrogen-bond acceptors (Lipinski definition) is 6. The molecule has 0 fully saturated rings. The number of methoxy groups -OCH3 is 1. The molecule has 0 aliphatic carbocycles. The van der Waals surface area contributed by atoms with Crippen molar-refractivity contribution in [2.75, 3.05) is 13.7 Å². The minimum absolute atomic E-state index is 0.209. The Morgan fingerprint density at radius 2 is 1.85 bits per heavy atom. The lowest BCUT2D eigenvalue weighted by molar-refractivity contribution is -0.139. The van der Waals surface area contributed by atoms with Gasteiger partial charge in [0.05, 0.1) is 35.6 Å². The maximum absolute atomic E-state index is 13.6. The van der Waals surface area contributed by atoms with Crippen LogP contribution < -0.4 is 19.6 Å². The molecule has 1 aliphatic rings. The van der Waals surface area contributed by atoms with Gasteiger partial charge in [0, 0.05) is 15.6 Å². The highest BCUT2D eigenvalue weighted by Gasteiger charge is 2.33. The Bertz CT molecular complexity index is 1420. The number of esters is 1. The van der Waals surface area contributed by atoms with E-state index in [1.165, 1.54) is 15.9 Å². The maximum atomic E-state index is 13.6.